The average molecular weight is 393 g/mol. The van der Waals surface area contributed by atoms with Crippen LogP contribution in [-0.4, -0.2) is 49.5 Å². The third kappa shape index (κ3) is 4.39. The molecule has 0 fully saturated rings. The number of sulfonamides is 1. The molecule has 13 heteroatoms. The molecule has 2 aromatic rings. The maximum atomic E-state index is 12.4. The fraction of sp³-hybridized carbons (Fsp3) is 0.250. The first-order chi connectivity index (χ1) is 12.9. The van der Waals surface area contributed by atoms with Crippen molar-refractivity contribution in [3.63, 3.8) is 0 Å². The molecule has 2 rings (SSSR count). The van der Waals surface area contributed by atoms with Crippen molar-refractivity contribution in [3.8, 4) is 6.01 Å². The molecule has 2 aromatic heterocycles. The van der Waals surface area contributed by atoms with Gasteiger partial charge in [0, 0.05) is 0 Å². The van der Waals surface area contributed by atoms with Gasteiger partial charge in [-0.3, -0.25) is 5.32 Å². The highest BCUT2D eigenvalue weighted by atomic mass is 32.2. The van der Waals surface area contributed by atoms with Gasteiger partial charge < -0.3 is 9.47 Å². The van der Waals surface area contributed by atoms with E-state index < -0.39 is 38.8 Å². The predicted octanol–water partition coefficient (Wildman–Crippen LogP) is 0.547. The Morgan fingerprint density at radius 2 is 2.08 bits per heavy atom. The fourth-order valence-corrected chi connectivity index (χ4v) is 3.81. The summed E-state index contributed by atoms with van der Waals surface area (Å²) in [7, 11) is -6.29. The van der Waals surface area contributed by atoms with Crippen molar-refractivity contribution in [2.24, 2.45) is 0 Å². The molecule has 0 spiro atoms. The van der Waals surface area contributed by atoms with Gasteiger partial charge in [0.05, 0.1) is 18.3 Å². The summed E-state index contributed by atoms with van der Waals surface area (Å²) in [4.78, 5) is 34.1. The highest BCUT2D eigenvalue weighted by Crippen LogP contribution is 2.22. The molecule has 0 aliphatic carbocycles. The van der Waals surface area contributed by atoms with Crippen LogP contribution in [0.2, 0.25) is 0 Å². The first-order valence-corrected chi connectivity index (χ1v) is 8.69. The molecule has 0 aliphatic heterocycles. The summed E-state index contributed by atoms with van der Waals surface area (Å²) < 4.78 is 56.2. The lowest BCUT2D eigenvalue weighted by atomic mass is 10.5. The van der Waals surface area contributed by atoms with E-state index in [0.29, 0.717) is 11.3 Å². The molecule has 134 valence electrons. The molecule has 0 radical (unpaired) electrons. The minimum absolute atomic E-state index is 0.0989. The van der Waals surface area contributed by atoms with Crippen molar-refractivity contribution in [2.75, 3.05) is 19.5 Å². The lowest BCUT2D eigenvalue weighted by molar-refractivity contribution is 0.0602. The summed E-state index contributed by atoms with van der Waals surface area (Å²) in [6, 6.07) is -0.306. The number of aromatic nitrogens is 3. The Bertz CT molecular complexity index is 1010. The number of amides is 2. The second-order valence-electron chi connectivity index (χ2n) is 4.26. The van der Waals surface area contributed by atoms with Crippen molar-refractivity contribution < 1.29 is 31.6 Å². The van der Waals surface area contributed by atoms with E-state index in [-0.39, 0.29) is 17.8 Å². The van der Waals surface area contributed by atoms with Gasteiger partial charge in [-0.2, -0.15) is 15.0 Å². The fourth-order valence-electron chi connectivity index (χ4n) is 1.61. The van der Waals surface area contributed by atoms with Gasteiger partial charge in [-0.1, -0.05) is 0 Å². The number of carbonyl (C=O) groups is 2. The Morgan fingerprint density at radius 1 is 1.32 bits per heavy atom. The van der Waals surface area contributed by atoms with E-state index in [1.807, 2.05) is 0 Å². The van der Waals surface area contributed by atoms with E-state index in [1.165, 1.54) is 19.4 Å². The lowest BCUT2D eigenvalue weighted by Gasteiger charge is -2.08. The van der Waals surface area contributed by atoms with E-state index >= 15 is 0 Å². The molecule has 0 bridgehead atoms. The number of aryl methyl sites for hydroxylation is 1. The minimum atomic E-state index is -4.53. The normalized spacial score (nSPS) is 13.1. The van der Waals surface area contributed by atoms with Crippen molar-refractivity contribution in [1.29, 1.82) is 0 Å². The molecule has 0 saturated heterocycles. The molecule has 2 heterocycles. The van der Waals surface area contributed by atoms with Crippen molar-refractivity contribution in [3.05, 3.63) is 22.1 Å². The van der Waals surface area contributed by atoms with Gasteiger partial charge in [-0.05, 0) is 18.4 Å². The zero-order valence-corrected chi connectivity index (χ0v) is 14.4. The number of esters is 1. The van der Waals surface area contributed by atoms with Crippen LogP contribution in [0.25, 0.3) is 0 Å². The first kappa shape index (κ1) is 14.5. The van der Waals surface area contributed by atoms with Gasteiger partial charge >= 0.3 is 18.0 Å². The van der Waals surface area contributed by atoms with Crippen LogP contribution in [0.1, 0.15) is 19.6 Å². The van der Waals surface area contributed by atoms with Crippen LogP contribution in [0.5, 0.6) is 6.01 Å². The van der Waals surface area contributed by atoms with Crippen molar-refractivity contribution in [2.45, 2.75) is 11.8 Å². The summed E-state index contributed by atoms with van der Waals surface area (Å²) >= 11 is 0.638. The molecule has 0 aliphatic rings. The SMILES string of the molecule is [3H]C([3H])([3H])OC(=O)c1sccc1S(=O)(=O)NC(=O)Nc1nc(C)nc(OC)n1. The Labute approximate surface area is 150 Å². The van der Waals surface area contributed by atoms with Crippen LogP contribution >= 0.6 is 11.3 Å². The van der Waals surface area contributed by atoms with Gasteiger partial charge in [0.1, 0.15) is 15.6 Å². The van der Waals surface area contributed by atoms with E-state index in [4.69, 9.17) is 8.85 Å². The van der Waals surface area contributed by atoms with E-state index in [0.717, 1.165) is 6.07 Å². The molecular formula is C12H13N5O6S2. The summed E-state index contributed by atoms with van der Waals surface area (Å²) in [5.41, 5.74) is 0. The molecule has 0 saturated carbocycles. The number of hydrogen-bond donors (Lipinski definition) is 2. The average Bonchev–Trinajstić information content (AvgIpc) is 3.02. The smallest absolute Gasteiger partial charge is 0.349 e. The van der Waals surface area contributed by atoms with Crippen molar-refractivity contribution >= 4 is 39.3 Å². The quantitative estimate of drug-likeness (QED) is 0.694. The predicted molar refractivity (Wildman–Crippen MR) is 86.1 cm³/mol. The molecular weight excluding hydrogens is 374 g/mol. The van der Waals surface area contributed by atoms with Crippen LogP contribution in [0.3, 0.4) is 0 Å². The summed E-state index contributed by atoms with van der Waals surface area (Å²) in [6.07, 6.45) is 0. The second kappa shape index (κ2) is 7.40. The molecule has 2 amide bonds. The van der Waals surface area contributed by atoms with Crippen LogP contribution in [0.15, 0.2) is 16.3 Å². The Hall–Kier alpha value is -2.80. The molecule has 0 unspecified atom stereocenters. The zero-order chi connectivity index (χ0) is 21.1. The lowest BCUT2D eigenvalue weighted by Crippen LogP contribution is -2.35. The van der Waals surface area contributed by atoms with Gasteiger partial charge in [0.15, 0.2) is 0 Å². The van der Waals surface area contributed by atoms with Crippen molar-refractivity contribution in [1.82, 2.24) is 19.7 Å². The van der Waals surface area contributed by atoms with Gasteiger partial charge in [0.25, 0.3) is 10.0 Å². The third-order valence-electron chi connectivity index (χ3n) is 2.56. The summed E-state index contributed by atoms with van der Waals surface area (Å²) in [5, 5.41) is 3.31. The van der Waals surface area contributed by atoms with Gasteiger partial charge in [0.2, 0.25) is 5.95 Å². The van der Waals surface area contributed by atoms with E-state index in [1.54, 1.807) is 4.72 Å². The second-order valence-corrected chi connectivity index (χ2v) is 6.82. The number of nitrogens with one attached hydrogen (secondary N) is 2. The number of carbonyl (C=O) groups excluding carboxylic acids is 2. The Balaban J connectivity index is 2.18. The highest BCUT2D eigenvalue weighted by molar-refractivity contribution is 7.90. The van der Waals surface area contributed by atoms with Crippen LogP contribution in [0, 0.1) is 6.92 Å². The summed E-state index contributed by atoms with van der Waals surface area (Å²) in [6.45, 7) is 1.50. The minimum Gasteiger partial charge on any atom is -0.467 e. The Morgan fingerprint density at radius 3 is 2.76 bits per heavy atom. The maximum absolute atomic E-state index is 12.4. The number of nitrogens with zero attached hydrogens (tertiary/aromatic N) is 3. The number of methoxy groups -OCH3 is 2. The molecule has 0 aromatic carbocycles. The molecule has 25 heavy (non-hydrogen) atoms. The maximum Gasteiger partial charge on any atom is 0.349 e. The monoisotopic (exact) mass is 393 g/mol. The van der Waals surface area contributed by atoms with E-state index in [9.17, 15) is 18.0 Å². The number of rotatable bonds is 5. The van der Waals surface area contributed by atoms with E-state index in [2.05, 4.69) is 25.0 Å². The molecule has 0 atom stereocenters. The number of anilines is 1. The third-order valence-corrected chi connectivity index (χ3v) is 4.96. The topological polar surface area (TPSA) is 149 Å². The van der Waals surface area contributed by atoms with Crippen LogP contribution in [0.4, 0.5) is 10.7 Å². The van der Waals surface area contributed by atoms with Gasteiger partial charge in [-0.25, -0.2) is 22.7 Å². The van der Waals surface area contributed by atoms with Crippen LogP contribution in [-0.2, 0) is 14.8 Å². The highest BCUT2D eigenvalue weighted by Gasteiger charge is 2.26. The Kier molecular flexibility index (Phi) is 4.30. The standard InChI is InChI=1S/C12H13N5O6S2/c1-6-13-10(16-12(14-6)23-3)15-11(19)17-25(20,21)7-4-5-24-8(7)9(18)22-2/h4-5H,1-3H3,(H2,13,14,15,16,17,19)/i2T3. The first-order valence-electron chi connectivity index (χ1n) is 7.82. The number of ether oxygens (including phenoxy) is 2. The van der Waals surface area contributed by atoms with Gasteiger partial charge in [-0.15, -0.1) is 11.3 Å². The largest absolute Gasteiger partial charge is 0.467 e. The number of hydrogen-bond acceptors (Lipinski definition) is 10. The number of urea groups is 1. The molecule has 11 nitrogen and oxygen atoms in total. The van der Waals surface area contributed by atoms with Crippen LogP contribution < -0.4 is 14.8 Å². The zero-order valence-electron chi connectivity index (χ0n) is 15.8. The molecule has 2 N–H and O–H groups in total. The number of thiophene rings is 1. The summed E-state index contributed by atoms with van der Waals surface area (Å²) in [5.74, 6) is -1.43.